The van der Waals surface area contributed by atoms with E-state index in [1.165, 1.54) is 0 Å². The predicted molar refractivity (Wildman–Crippen MR) is 105 cm³/mol. The molecule has 1 aliphatic heterocycles. The zero-order valence-electron chi connectivity index (χ0n) is 15.8. The number of nitrogens with one attached hydrogen (secondary N) is 3. The lowest BCUT2D eigenvalue weighted by Gasteiger charge is -2.14. The summed E-state index contributed by atoms with van der Waals surface area (Å²) in [7, 11) is 0. The third-order valence-corrected chi connectivity index (χ3v) is 4.09. The molecule has 1 aromatic heterocycles. The maximum Gasteiger partial charge on any atom is 0.244 e. The van der Waals surface area contributed by atoms with Crippen molar-refractivity contribution < 1.29 is 14.4 Å². The van der Waals surface area contributed by atoms with Crippen LogP contribution in [0.2, 0.25) is 0 Å². The zero-order chi connectivity index (χ0) is 20.1. The molecule has 0 aliphatic carbocycles. The van der Waals surface area contributed by atoms with E-state index in [0.717, 1.165) is 22.9 Å². The van der Waals surface area contributed by atoms with E-state index < -0.39 is 5.91 Å². The highest BCUT2D eigenvalue weighted by atomic mass is 16.2. The Balaban J connectivity index is 1.60. The van der Waals surface area contributed by atoms with Crippen molar-refractivity contribution in [3.8, 4) is 0 Å². The summed E-state index contributed by atoms with van der Waals surface area (Å²) in [5.41, 5.74) is 1.37. The molecule has 2 aromatic rings. The van der Waals surface area contributed by atoms with E-state index in [0.29, 0.717) is 17.3 Å². The number of hydrogen-bond acceptors (Lipinski definition) is 7. The molecule has 3 rings (SSSR count). The zero-order valence-corrected chi connectivity index (χ0v) is 15.8. The monoisotopic (exact) mass is 382 g/mol. The van der Waals surface area contributed by atoms with Crippen molar-refractivity contribution in [1.82, 2.24) is 14.9 Å². The average Bonchev–Trinajstić information content (AvgIpc) is 2.95. The van der Waals surface area contributed by atoms with Crippen molar-refractivity contribution in [3.05, 3.63) is 36.2 Å². The van der Waals surface area contributed by atoms with E-state index in [4.69, 9.17) is 0 Å². The van der Waals surface area contributed by atoms with Crippen molar-refractivity contribution in [3.63, 3.8) is 0 Å². The number of aromatic nitrogens is 2. The summed E-state index contributed by atoms with van der Waals surface area (Å²) in [6, 6.07) is 8.87. The summed E-state index contributed by atoms with van der Waals surface area (Å²) < 4.78 is 0. The molecule has 0 saturated carbocycles. The first-order valence-corrected chi connectivity index (χ1v) is 9.04. The second kappa shape index (κ2) is 8.47. The van der Waals surface area contributed by atoms with E-state index >= 15 is 0 Å². The summed E-state index contributed by atoms with van der Waals surface area (Å²) in [5, 5.41) is 9.03. The molecule has 28 heavy (non-hydrogen) atoms. The quantitative estimate of drug-likeness (QED) is 0.628. The van der Waals surface area contributed by atoms with Crippen molar-refractivity contribution in [1.29, 1.82) is 0 Å². The summed E-state index contributed by atoms with van der Waals surface area (Å²) in [5.74, 6) is 1.02. The third kappa shape index (κ3) is 4.81. The minimum absolute atomic E-state index is 0.171. The third-order valence-electron chi connectivity index (χ3n) is 4.09. The molecule has 9 heteroatoms. The minimum atomic E-state index is -0.411. The first kappa shape index (κ1) is 19.3. The molecule has 0 unspecified atom stereocenters. The molecule has 2 heterocycles. The van der Waals surface area contributed by atoms with Gasteiger partial charge in [0.2, 0.25) is 17.7 Å². The Hall–Kier alpha value is -3.49. The van der Waals surface area contributed by atoms with E-state index in [1.807, 2.05) is 19.9 Å². The van der Waals surface area contributed by atoms with Crippen molar-refractivity contribution in [2.75, 3.05) is 29.0 Å². The number of likely N-dealkylation sites (tertiary alicyclic amines) is 1. The number of hydrogen-bond donors (Lipinski definition) is 3. The van der Waals surface area contributed by atoms with Crippen LogP contribution in [0.4, 0.5) is 23.0 Å². The molecule has 1 aliphatic rings. The van der Waals surface area contributed by atoms with Crippen LogP contribution in [0.3, 0.4) is 0 Å². The predicted octanol–water partition coefficient (Wildman–Crippen LogP) is 2.05. The fourth-order valence-corrected chi connectivity index (χ4v) is 2.83. The Bertz CT molecular complexity index is 881. The van der Waals surface area contributed by atoms with Crippen LogP contribution in [0, 0.1) is 6.92 Å². The van der Waals surface area contributed by atoms with Gasteiger partial charge in [0, 0.05) is 36.8 Å². The van der Waals surface area contributed by atoms with Gasteiger partial charge in [-0.2, -0.15) is 0 Å². The summed E-state index contributed by atoms with van der Waals surface area (Å²) in [6.07, 6.45) is 0.342. The molecule has 1 saturated heterocycles. The van der Waals surface area contributed by atoms with Gasteiger partial charge in [-0.15, -0.1) is 0 Å². The van der Waals surface area contributed by atoms with Crippen LogP contribution in [-0.2, 0) is 14.4 Å². The van der Waals surface area contributed by atoms with Gasteiger partial charge in [-0.05, 0) is 38.1 Å². The van der Waals surface area contributed by atoms with Gasteiger partial charge in [0.05, 0.1) is 0 Å². The highest BCUT2D eigenvalue weighted by molar-refractivity contribution is 6.06. The van der Waals surface area contributed by atoms with Crippen LogP contribution in [0.1, 0.15) is 25.6 Å². The molecule has 0 radical (unpaired) electrons. The normalized spacial score (nSPS) is 13.6. The Labute approximate surface area is 162 Å². The molecule has 0 spiro atoms. The van der Waals surface area contributed by atoms with Crippen LogP contribution in [0.25, 0.3) is 0 Å². The van der Waals surface area contributed by atoms with Gasteiger partial charge >= 0.3 is 0 Å². The topological polar surface area (TPSA) is 116 Å². The number of anilines is 4. The van der Waals surface area contributed by atoms with Gasteiger partial charge in [0.1, 0.15) is 24.0 Å². The van der Waals surface area contributed by atoms with Crippen molar-refractivity contribution in [2.24, 2.45) is 0 Å². The fraction of sp³-hybridized carbons (Fsp3) is 0.316. The summed E-state index contributed by atoms with van der Waals surface area (Å²) >= 11 is 0. The number of rotatable bonds is 7. The maximum atomic E-state index is 12.1. The van der Waals surface area contributed by atoms with Gasteiger partial charge < -0.3 is 16.0 Å². The number of imide groups is 1. The Morgan fingerprint density at radius 1 is 1.04 bits per heavy atom. The average molecular weight is 382 g/mol. The van der Waals surface area contributed by atoms with Crippen molar-refractivity contribution in [2.45, 2.75) is 26.7 Å². The lowest BCUT2D eigenvalue weighted by atomic mass is 10.2. The number of aryl methyl sites for hydroxylation is 1. The molecule has 3 N–H and O–H groups in total. The molecule has 146 valence electrons. The fourth-order valence-electron chi connectivity index (χ4n) is 2.83. The van der Waals surface area contributed by atoms with Crippen LogP contribution in [0.5, 0.6) is 0 Å². The first-order chi connectivity index (χ1) is 13.4. The van der Waals surface area contributed by atoms with Crippen LogP contribution in [-0.4, -0.2) is 45.7 Å². The standard InChI is InChI=1S/C19H22N6O3/c1-3-20-15-10-16(22-12(2)21-15)23-13-4-6-14(7-5-13)24-17(26)11-25-18(27)8-9-19(25)28/h4-7,10H,3,8-9,11H2,1-2H3,(H,24,26)(H2,20,21,22,23). The van der Waals surface area contributed by atoms with E-state index in [-0.39, 0.29) is 31.2 Å². The molecular weight excluding hydrogens is 360 g/mol. The van der Waals surface area contributed by atoms with Gasteiger partial charge in [0.25, 0.3) is 0 Å². The van der Waals surface area contributed by atoms with Crippen LogP contribution < -0.4 is 16.0 Å². The molecule has 1 aromatic carbocycles. The SMILES string of the molecule is CCNc1cc(Nc2ccc(NC(=O)CN3C(=O)CCC3=O)cc2)nc(C)n1. The smallest absolute Gasteiger partial charge is 0.244 e. The summed E-state index contributed by atoms with van der Waals surface area (Å²) in [6.45, 7) is 4.32. The maximum absolute atomic E-state index is 12.1. The minimum Gasteiger partial charge on any atom is -0.370 e. The number of nitrogens with zero attached hydrogens (tertiary/aromatic N) is 3. The number of carbonyl (C=O) groups is 3. The second-order valence-corrected chi connectivity index (χ2v) is 6.34. The van der Waals surface area contributed by atoms with Gasteiger partial charge in [0.15, 0.2) is 0 Å². The van der Waals surface area contributed by atoms with Gasteiger partial charge in [-0.25, -0.2) is 9.97 Å². The second-order valence-electron chi connectivity index (χ2n) is 6.34. The van der Waals surface area contributed by atoms with Crippen LogP contribution >= 0.6 is 0 Å². The number of benzene rings is 1. The van der Waals surface area contributed by atoms with Crippen LogP contribution in [0.15, 0.2) is 30.3 Å². The number of carbonyl (C=O) groups excluding carboxylic acids is 3. The molecule has 0 atom stereocenters. The summed E-state index contributed by atoms with van der Waals surface area (Å²) in [4.78, 5) is 44.9. The Morgan fingerprint density at radius 3 is 2.29 bits per heavy atom. The lowest BCUT2D eigenvalue weighted by molar-refractivity contribution is -0.141. The van der Waals surface area contributed by atoms with E-state index in [2.05, 4.69) is 25.9 Å². The molecule has 9 nitrogen and oxygen atoms in total. The Morgan fingerprint density at radius 2 is 1.64 bits per heavy atom. The van der Waals surface area contributed by atoms with Crippen molar-refractivity contribution >= 4 is 40.7 Å². The van der Waals surface area contributed by atoms with Gasteiger partial charge in [-0.3, -0.25) is 19.3 Å². The lowest BCUT2D eigenvalue weighted by Crippen LogP contribution is -2.36. The Kier molecular flexibility index (Phi) is 5.83. The largest absolute Gasteiger partial charge is 0.370 e. The highest BCUT2D eigenvalue weighted by Crippen LogP contribution is 2.20. The molecular formula is C19H22N6O3. The molecule has 1 fully saturated rings. The van der Waals surface area contributed by atoms with Gasteiger partial charge in [-0.1, -0.05) is 0 Å². The van der Waals surface area contributed by atoms with E-state index in [9.17, 15) is 14.4 Å². The number of amides is 3. The van der Waals surface area contributed by atoms with E-state index in [1.54, 1.807) is 24.3 Å². The molecule has 0 bridgehead atoms. The highest BCUT2D eigenvalue weighted by Gasteiger charge is 2.30. The molecule has 3 amide bonds. The first-order valence-electron chi connectivity index (χ1n) is 9.04.